The van der Waals surface area contributed by atoms with Crippen molar-refractivity contribution in [1.29, 1.82) is 0 Å². The van der Waals surface area contributed by atoms with Crippen molar-refractivity contribution in [2.45, 2.75) is 59.5 Å². The third-order valence-electron chi connectivity index (χ3n) is 3.48. The van der Waals surface area contributed by atoms with Crippen molar-refractivity contribution < 1.29 is 4.39 Å². The lowest BCUT2D eigenvalue weighted by Crippen LogP contribution is -2.29. The van der Waals surface area contributed by atoms with Gasteiger partial charge in [-0.1, -0.05) is 27.7 Å². The third kappa shape index (κ3) is 8.87. The second-order valence-corrected chi connectivity index (χ2v) is 6.40. The Morgan fingerprint density at radius 1 is 1.06 bits per heavy atom. The maximum absolute atomic E-state index is 14.1. The van der Waals surface area contributed by atoms with E-state index in [4.69, 9.17) is 0 Å². The van der Waals surface area contributed by atoms with Gasteiger partial charge in [0, 0.05) is 0 Å². The van der Waals surface area contributed by atoms with Gasteiger partial charge in [0.2, 0.25) is 0 Å². The number of hydrogen-bond donors (Lipinski definition) is 2. The SMILES string of the molecule is CNCCCNCCCC(C)(C)C(F)CC(C)C. The summed E-state index contributed by atoms with van der Waals surface area (Å²) in [6, 6.07) is 0. The summed E-state index contributed by atoms with van der Waals surface area (Å²) in [5.41, 5.74) is -0.184. The van der Waals surface area contributed by atoms with Gasteiger partial charge in [-0.05, 0) is 63.7 Å². The molecule has 3 heteroatoms. The molecule has 0 radical (unpaired) electrons. The van der Waals surface area contributed by atoms with Crippen molar-refractivity contribution in [2.24, 2.45) is 11.3 Å². The van der Waals surface area contributed by atoms with E-state index in [9.17, 15) is 4.39 Å². The highest BCUT2D eigenvalue weighted by atomic mass is 19.1. The van der Waals surface area contributed by atoms with Crippen LogP contribution in [0, 0.1) is 11.3 Å². The summed E-state index contributed by atoms with van der Waals surface area (Å²) in [6.07, 6.45) is 3.17. The fourth-order valence-electron chi connectivity index (χ4n) is 2.07. The first-order valence-electron chi connectivity index (χ1n) is 7.39. The fraction of sp³-hybridized carbons (Fsp3) is 1.00. The molecule has 0 aliphatic heterocycles. The molecule has 0 spiro atoms. The lowest BCUT2D eigenvalue weighted by Gasteiger charge is -2.30. The minimum absolute atomic E-state index is 0.184. The molecule has 0 aliphatic rings. The summed E-state index contributed by atoms with van der Waals surface area (Å²) < 4.78 is 14.1. The molecular formula is C15H33FN2. The van der Waals surface area contributed by atoms with Crippen LogP contribution in [0.1, 0.15) is 53.4 Å². The van der Waals surface area contributed by atoms with Crippen molar-refractivity contribution in [1.82, 2.24) is 10.6 Å². The zero-order chi connectivity index (χ0) is 14.0. The molecule has 0 saturated heterocycles. The summed E-state index contributed by atoms with van der Waals surface area (Å²) in [7, 11) is 1.97. The molecule has 110 valence electrons. The third-order valence-corrected chi connectivity index (χ3v) is 3.48. The van der Waals surface area contributed by atoms with E-state index in [2.05, 4.69) is 38.3 Å². The monoisotopic (exact) mass is 260 g/mol. The molecule has 0 aliphatic carbocycles. The number of alkyl halides is 1. The van der Waals surface area contributed by atoms with Crippen LogP contribution in [0.3, 0.4) is 0 Å². The summed E-state index contributed by atoms with van der Waals surface area (Å²) in [6.45, 7) is 11.4. The van der Waals surface area contributed by atoms with E-state index in [0.717, 1.165) is 38.9 Å². The van der Waals surface area contributed by atoms with Crippen LogP contribution in [0.4, 0.5) is 4.39 Å². The Labute approximate surface area is 113 Å². The molecule has 2 N–H and O–H groups in total. The maximum atomic E-state index is 14.1. The Bertz CT molecular complexity index is 193. The lowest BCUT2D eigenvalue weighted by molar-refractivity contribution is 0.108. The van der Waals surface area contributed by atoms with Crippen LogP contribution < -0.4 is 10.6 Å². The Balaban J connectivity index is 3.63. The Hall–Kier alpha value is -0.150. The van der Waals surface area contributed by atoms with Gasteiger partial charge < -0.3 is 10.6 Å². The van der Waals surface area contributed by atoms with Gasteiger partial charge in [-0.15, -0.1) is 0 Å². The highest BCUT2D eigenvalue weighted by Gasteiger charge is 2.29. The van der Waals surface area contributed by atoms with Crippen LogP contribution in [-0.4, -0.2) is 32.9 Å². The van der Waals surface area contributed by atoms with Gasteiger partial charge in [-0.3, -0.25) is 0 Å². The Morgan fingerprint density at radius 2 is 1.67 bits per heavy atom. The maximum Gasteiger partial charge on any atom is 0.105 e. The Morgan fingerprint density at radius 3 is 2.22 bits per heavy atom. The van der Waals surface area contributed by atoms with E-state index in [0.29, 0.717) is 12.3 Å². The molecule has 0 heterocycles. The van der Waals surface area contributed by atoms with Gasteiger partial charge in [-0.2, -0.15) is 0 Å². The van der Waals surface area contributed by atoms with Crippen molar-refractivity contribution >= 4 is 0 Å². The zero-order valence-corrected chi connectivity index (χ0v) is 13.0. The molecule has 0 rings (SSSR count). The summed E-state index contributed by atoms with van der Waals surface area (Å²) >= 11 is 0. The average Bonchev–Trinajstić information content (AvgIpc) is 2.27. The summed E-state index contributed by atoms with van der Waals surface area (Å²) in [5, 5.41) is 6.54. The molecule has 0 amide bonds. The first-order valence-corrected chi connectivity index (χ1v) is 7.39. The van der Waals surface area contributed by atoms with Gasteiger partial charge >= 0.3 is 0 Å². The van der Waals surface area contributed by atoms with E-state index in [1.807, 2.05) is 7.05 Å². The predicted molar refractivity (Wildman–Crippen MR) is 78.8 cm³/mol. The molecule has 0 aromatic carbocycles. The van der Waals surface area contributed by atoms with Gasteiger partial charge in [-0.25, -0.2) is 4.39 Å². The van der Waals surface area contributed by atoms with Crippen LogP contribution in [0.15, 0.2) is 0 Å². The molecule has 0 saturated carbocycles. The van der Waals surface area contributed by atoms with Crippen molar-refractivity contribution in [3.63, 3.8) is 0 Å². The lowest BCUT2D eigenvalue weighted by atomic mass is 9.79. The topological polar surface area (TPSA) is 24.1 Å². The first kappa shape index (κ1) is 17.8. The van der Waals surface area contributed by atoms with Crippen molar-refractivity contribution in [2.75, 3.05) is 26.7 Å². The quantitative estimate of drug-likeness (QED) is 0.557. The van der Waals surface area contributed by atoms with Gasteiger partial charge in [0.05, 0.1) is 0 Å². The minimum atomic E-state index is -0.679. The molecule has 2 nitrogen and oxygen atoms in total. The molecule has 18 heavy (non-hydrogen) atoms. The van der Waals surface area contributed by atoms with Crippen LogP contribution >= 0.6 is 0 Å². The average molecular weight is 260 g/mol. The van der Waals surface area contributed by atoms with Crippen LogP contribution in [0.25, 0.3) is 0 Å². The minimum Gasteiger partial charge on any atom is -0.320 e. The molecule has 0 bridgehead atoms. The van der Waals surface area contributed by atoms with E-state index in [1.165, 1.54) is 0 Å². The molecule has 0 fully saturated rings. The fourth-order valence-corrected chi connectivity index (χ4v) is 2.07. The Kier molecular flexibility index (Phi) is 9.66. The number of nitrogens with one attached hydrogen (secondary N) is 2. The second kappa shape index (κ2) is 9.74. The van der Waals surface area contributed by atoms with Crippen molar-refractivity contribution in [3.8, 4) is 0 Å². The molecule has 1 unspecified atom stereocenters. The highest BCUT2D eigenvalue weighted by Crippen LogP contribution is 2.32. The molecule has 1 atom stereocenters. The molecule has 0 aromatic rings. The van der Waals surface area contributed by atoms with Gasteiger partial charge in [0.25, 0.3) is 0 Å². The number of rotatable bonds is 11. The van der Waals surface area contributed by atoms with E-state index >= 15 is 0 Å². The standard InChI is InChI=1S/C15H33FN2/c1-13(2)12-14(16)15(3,4)8-6-10-18-11-7-9-17-5/h13-14,17-18H,6-12H2,1-5H3. The van der Waals surface area contributed by atoms with Gasteiger partial charge in [0.15, 0.2) is 0 Å². The molecular weight excluding hydrogens is 227 g/mol. The summed E-state index contributed by atoms with van der Waals surface area (Å²) in [5.74, 6) is 0.443. The normalized spacial score (nSPS) is 14.2. The second-order valence-electron chi connectivity index (χ2n) is 6.40. The highest BCUT2D eigenvalue weighted by molar-refractivity contribution is 4.79. The van der Waals surface area contributed by atoms with Crippen molar-refractivity contribution in [3.05, 3.63) is 0 Å². The van der Waals surface area contributed by atoms with Crippen LogP contribution in [0.5, 0.6) is 0 Å². The van der Waals surface area contributed by atoms with Gasteiger partial charge in [0.1, 0.15) is 6.17 Å². The van der Waals surface area contributed by atoms with Crippen LogP contribution in [0.2, 0.25) is 0 Å². The van der Waals surface area contributed by atoms with E-state index in [1.54, 1.807) is 0 Å². The number of halogens is 1. The number of hydrogen-bond acceptors (Lipinski definition) is 2. The van der Waals surface area contributed by atoms with E-state index < -0.39 is 6.17 Å². The van der Waals surface area contributed by atoms with Crippen LogP contribution in [-0.2, 0) is 0 Å². The first-order chi connectivity index (χ1) is 8.40. The van der Waals surface area contributed by atoms with E-state index in [-0.39, 0.29) is 5.41 Å². The predicted octanol–water partition coefficient (Wildman–Crippen LogP) is 3.38. The largest absolute Gasteiger partial charge is 0.320 e. The molecule has 0 aromatic heterocycles. The smallest absolute Gasteiger partial charge is 0.105 e. The zero-order valence-electron chi connectivity index (χ0n) is 13.0. The summed E-state index contributed by atoms with van der Waals surface area (Å²) in [4.78, 5) is 0.